The number of carboxylic acids is 1. The van der Waals surface area contributed by atoms with Gasteiger partial charge in [0.2, 0.25) is 0 Å². The Morgan fingerprint density at radius 2 is 2.00 bits per heavy atom. The number of carbonyl (C=O) groups is 1. The minimum Gasteiger partial charge on any atom is -0.478 e. The summed E-state index contributed by atoms with van der Waals surface area (Å²) in [6.07, 6.45) is 7.02. The van der Waals surface area contributed by atoms with Crippen molar-refractivity contribution >= 4 is 17.5 Å². The van der Waals surface area contributed by atoms with Crippen molar-refractivity contribution in [2.75, 3.05) is 18.5 Å². The second-order valence-electron chi connectivity index (χ2n) is 7.48. The van der Waals surface area contributed by atoms with E-state index < -0.39 is 5.97 Å². The van der Waals surface area contributed by atoms with Gasteiger partial charge in [-0.3, -0.25) is 0 Å². The smallest absolute Gasteiger partial charge is 0.339 e. The maximum absolute atomic E-state index is 11.8. The van der Waals surface area contributed by atoms with E-state index in [1.807, 2.05) is 18.3 Å². The van der Waals surface area contributed by atoms with Crippen molar-refractivity contribution in [3.8, 4) is 0 Å². The van der Waals surface area contributed by atoms with E-state index >= 15 is 0 Å². The Balaban J connectivity index is 1.67. The molecule has 2 N–H and O–H groups in total. The Bertz CT molecular complexity index is 839. The first-order valence-electron chi connectivity index (χ1n) is 9.87. The lowest BCUT2D eigenvalue weighted by atomic mass is 9.86. The zero-order valence-electron chi connectivity index (χ0n) is 15.7. The van der Waals surface area contributed by atoms with Gasteiger partial charge in [-0.25, -0.2) is 9.78 Å². The van der Waals surface area contributed by atoms with E-state index in [4.69, 9.17) is 4.74 Å². The van der Waals surface area contributed by atoms with Crippen LogP contribution in [0.5, 0.6) is 0 Å². The summed E-state index contributed by atoms with van der Waals surface area (Å²) in [5, 5.41) is 13.0. The van der Waals surface area contributed by atoms with Crippen molar-refractivity contribution in [2.45, 2.75) is 50.9 Å². The number of anilines is 2. The highest BCUT2D eigenvalue weighted by atomic mass is 16.5. The Morgan fingerprint density at radius 1 is 1.22 bits per heavy atom. The summed E-state index contributed by atoms with van der Waals surface area (Å²) in [5.41, 5.74) is 4.82. The van der Waals surface area contributed by atoms with Gasteiger partial charge in [-0.15, -0.1) is 0 Å². The van der Waals surface area contributed by atoms with Crippen molar-refractivity contribution in [3.05, 3.63) is 52.7 Å². The first kappa shape index (κ1) is 18.0. The summed E-state index contributed by atoms with van der Waals surface area (Å²) in [4.78, 5) is 16.2. The fourth-order valence-corrected chi connectivity index (χ4v) is 4.02. The molecule has 2 aliphatic rings. The van der Waals surface area contributed by atoms with Crippen molar-refractivity contribution in [2.24, 2.45) is 0 Å². The third-order valence-corrected chi connectivity index (χ3v) is 5.67. The molecule has 142 valence electrons. The zero-order valence-corrected chi connectivity index (χ0v) is 15.7. The standard InChI is InChI=1S/C22H26N2O3/c1-2-17-18(15-8-10-27-11-9-15)4-3-5-20(17)24-21-19(22(25)26)12-16(13-23-21)14-6-7-14/h3-5,12-15H,2,6-11H2,1H3,(H,23,24)(H,25,26). The summed E-state index contributed by atoms with van der Waals surface area (Å²) < 4.78 is 5.51. The van der Waals surface area contributed by atoms with E-state index in [1.54, 1.807) is 6.07 Å². The van der Waals surface area contributed by atoms with Crippen LogP contribution in [0.25, 0.3) is 0 Å². The van der Waals surface area contributed by atoms with Crippen LogP contribution < -0.4 is 5.32 Å². The van der Waals surface area contributed by atoms with Gasteiger partial charge in [-0.05, 0) is 72.8 Å². The van der Waals surface area contributed by atoms with Gasteiger partial charge in [0.15, 0.2) is 0 Å². The van der Waals surface area contributed by atoms with Crippen LogP contribution in [-0.4, -0.2) is 29.3 Å². The third-order valence-electron chi connectivity index (χ3n) is 5.67. The van der Waals surface area contributed by atoms with Gasteiger partial charge in [0.1, 0.15) is 11.4 Å². The number of hydrogen-bond acceptors (Lipinski definition) is 4. The molecule has 1 aliphatic carbocycles. The fourth-order valence-electron chi connectivity index (χ4n) is 4.02. The van der Waals surface area contributed by atoms with Crippen molar-refractivity contribution < 1.29 is 14.6 Å². The summed E-state index contributed by atoms with van der Waals surface area (Å²) >= 11 is 0. The highest BCUT2D eigenvalue weighted by Gasteiger charge is 2.26. The van der Waals surface area contributed by atoms with Gasteiger partial charge in [0, 0.05) is 25.1 Å². The SMILES string of the molecule is CCc1c(Nc2ncc(C3CC3)cc2C(=O)O)cccc1C1CCOCC1. The molecule has 0 radical (unpaired) electrons. The predicted molar refractivity (Wildman–Crippen MR) is 105 cm³/mol. The van der Waals surface area contributed by atoms with Crippen molar-refractivity contribution in [3.63, 3.8) is 0 Å². The Kier molecular flexibility index (Phi) is 5.12. The maximum atomic E-state index is 11.8. The summed E-state index contributed by atoms with van der Waals surface area (Å²) in [6, 6.07) is 8.04. The molecule has 1 saturated carbocycles. The number of carboxylic acid groups (broad SMARTS) is 1. The van der Waals surface area contributed by atoms with Gasteiger partial charge in [-0.1, -0.05) is 19.1 Å². The molecule has 1 aliphatic heterocycles. The van der Waals surface area contributed by atoms with E-state index in [2.05, 4.69) is 23.3 Å². The lowest BCUT2D eigenvalue weighted by Crippen LogP contribution is -2.16. The van der Waals surface area contributed by atoms with Crippen LogP contribution in [0.2, 0.25) is 0 Å². The van der Waals surface area contributed by atoms with E-state index in [0.717, 1.165) is 56.6 Å². The minimum absolute atomic E-state index is 0.248. The number of benzene rings is 1. The van der Waals surface area contributed by atoms with Crippen LogP contribution in [0.15, 0.2) is 30.5 Å². The maximum Gasteiger partial charge on any atom is 0.339 e. The average Bonchev–Trinajstić information content (AvgIpc) is 3.54. The molecule has 0 atom stereocenters. The zero-order chi connectivity index (χ0) is 18.8. The Morgan fingerprint density at radius 3 is 2.67 bits per heavy atom. The molecule has 27 heavy (non-hydrogen) atoms. The molecule has 5 nitrogen and oxygen atoms in total. The number of aromatic carboxylic acids is 1. The fraction of sp³-hybridized carbons (Fsp3) is 0.455. The molecule has 2 aromatic rings. The summed E-state index contributed by atoms with van der Waals surface area (Å²) in [6.45, 7) is 3.75. The van der Waals surface area contributed by atoms with Crippen LogP contribution in [0, 0.1) is 0 Å². The molecule has 1 aromatic carbocycles. The number of nitrogens with one attached hydrogen (secondary N) is 1. The minimum atomic E-state index is -0.939. The van der Waals surface area contributed by atoms with E-state index in [0.29, 0.717) is 17.7 Å². The molecule has 0 unspecified atom stereocenters. The van der Waals surface area contributed by atoms with Gasteiger partial charge >= 0.3 is 5.97 Å². The molecular weight excluding hydrogens is 340 g/mol. The van der Waals surface area contributed by atoms with Crippen LogP contribution in [0.4, 0.5) is 11.5 Å². The quantitative estimate of drug-likeness (QED) is 0.764. The lowest BCUT2D eigenvalue weighted by molar-refractivity contribution is 0.0697. The monoisotopic (exact) mass is 366 g/mol. The second-order valence-corrected chi connectivity index (χ2v) is 7.48. The Labute approximate surface area is 159 Å². The molecular formula is C22H26N2O3. The first-order chi connectivity index (χ1) is 13.2. The molecule has 0 bridgehead atoms. The topological polar surface area (TPSA) is 71.5 Å². The van der Waals surface area contributed by atoms with E-state index in [-0.39, 0.29) is 5.56 Å². The summed E-state index contributed by atoms with van der Waals surface area (Å²) in [7, 11) is 0. The molecule has 0 spiro atoms. The molecule has 1 aromatic heterocycles. The highest BCUT2D eigenvalue weighted by molar-refractivity contribution is 5.94. The van der Waals surface area contributed by atoms with E-state index in [1.165, 1.54) is 11.1 Å². The molecule has 4 rings (SSSR count). The van der Waals surface area contributed by atoms with Gasteiger partial charge < -0.3 is 15.2 Å². The number of ether oxygens (including phenoxy) is 1. The largest absolute Gasteiger partial charge is 0.478 e. The van der Waals surface area contributed by atoms with Gasteiger partial charge in [0.25, 0.3) is 0 Å². The van der Waals surface area contributed by atoms with Crippen LogP contribution in [0.3, 0.4) is 0 Å². The molecule has 2 fully saturated rings. The molecule has 5 heteroatoms. The molecule has 1 saturated heterocycles. The molecule has 2 heterocycles. The van der Waals surface area contributed by atoms with Gasteiger partial charge in [-0.2, -0.15) is 0 Å². The number of rotatable bonds is 6. The van der Waals surface area contributed by atoms with E-state index in [9.17, 15) is 9.90 Å². The number of nitrogens with zero attached hydrogens (tertiary/aromatic N) is 1. The molecule has 0 amide bonds. The highest BCUT2D eigenvalue weighted by Crippen LogP contribution is 2.41. The predicted octanol–water partition coefficient (Wildman–Crippen LogP) is 4.86. The summed E-state index contributed by atoms with van der Waals surface area (Å²) in [5.74, 6) is 0.462. The van der Waals surface area contributed by atoms with Crippen LogP contribution in [-0.2, 0) is 11.2 Å². The number of pyridine rings is 1. The normalized spacial score (nSPS) is 17.7. The van der Waals surface area contributed by atoms with Crippen molar-refractivity contribution in [1.29, 1.82) is 0 Å². The third kappa shape index (κ3) is 3.83. The second kappa shape index (κ2) is 7.69. The van der Waals surface area contributed by atoms with Gasteiger partial charge in [0.05, 0.1) is 0 Å². The van der Waals surface area contributed by atoms with Crippen LogP contribution in [0.1, 0.15) is 71.5 Å². The average molecular weight is 366 g/mol. The van der Waals surface area contributed by atoms with Crippen molar-refractivity contribution in [1.82, 2.24) is 4.98 Å². The van der Waals surface area contributed by atoms with Crippen LogP contribution >= 0.6 is 0 Å². The lowest BCUT2D eigenvalue weighted by Gasteiger charge is -2.26. The Hall–Kier alpha value is -2.40. The number of aromatic nitrogens is 1. The first-order valence-corrected chi connectivity index (χ1v) is 9.87. The number of hydrogen-bond donors (Lipinski definition) is 2.